The van der Waals surface area contributed by atoms with Crippen molar-refractivity contribution in [2.45, 2.75) is 31.7 Å². The second-order valence-electron chi connectivity index (χ2n) is 6.63. The number of rotatable bonds is 3. The molecule has 3 aliphatic carbocycles. The maximum atomic E-state index is 13.7. The average molecular weight is 263 g/mol. The number of fused-ring (bicyclic) bond motifs is 5. The molecule has 1 aromatic carbocycles. The van der Waals surface area contributed by atoms with Gasteiger partial charge in [-0.25, -0.2) is 8.78 Å². The van der Waals surface area contributed by atoms with Gasteiger partial charge in [0, 0.05) is 11.6 Å². The third-order valence-electron chi connectivity index (χ3n) is 5.79. The minimum atomic E-state index is -0.454. The second-order valence-corrected chi connectivity index (χ2v) is 6.63. The van der Waals surface area contributed by atoms with E-state index in [1.165, 1.54) is 37.5 Å². The first-order chi connectivity index (χ1) is 9.16. The Kier molecular flexibility index (Phi) is 2.50. The molecule has 2 N–H and O–H groups in total. The molecule has 3 saturated carbocycles. The van der Waals surface area contributed by atoms with E-state index in [2.05, 4.69) is 0 Å². The van der Waals surface area contributed by atoms with Crippen LogP contribution in [0.5, 0.6) is 0 Å². The number of nitrogens with two attached hydrogens (primary N) is 1. The fraction of sp³-hybridized carbons (Fsp3) is 0.625. The molecule has 102 valence electrons. The van der Waals surface area contributed by atoms with Crippen molar-refractivity contribution < 1.29 is 8.78 Å². The topological polar surface area (TPSA) is 26.0 Å². The van der Waals surface area contributed by atoms with Crippen LogP contribution in [0.15, 0.2) is 18.2 Å². The second kappa shape index (κ2) is 4.02. The van der Waals surface area contributed by atoms with E-state index in [1.807, 2.05) is 0 Å². The lowest BCUT2D eigenvalue weighted by molar-refractivity contribution is 0.403. The molecule has 0 saturated heterocycles. The Balaban J connectivity index is 1.50. The molecule has 5 atom stereocenters. The molecule has 19 heavy (non-hydrogen) atoms. The highest BCUT2D eigenvalue weighted by Gasteiger charge is 2.66. The SMILES string of the molecule is NC(Cc1c(F)cccc1F)C1C2C3CCC(C3)C12. The molecule has 2 bridgehead atoms. The lowest BCUT2D eigenvalue weighted by Crippen LogP contribution is -2.29. The summed E-state index contributed by atoms with van der Waals surface area (Å²) >= 11 is 0. The first kappa shape index (κ1) is 11.8. The van der Waals surface area contributed by atoms with Crippen LogP contribution in [-0.2, 0) is 6.42 Å². The summed E-state index contributed by atoms with van der Waals surface area (Å²) in [6.07, 6.45) is 4.43. The molecule has 1 nitrogen and oxygen atoms in total. The van der Waals surface area contributed by atoms with Gasteiger partial charge in [0.15, 0.2) is 0 Å². The van der Waals surface area contributed by atoms with E-state index in [-0.39, 0.29) is 11.6 Å². The third kappa shape index (κ3) is 1.67. The molecular formula is C16H19F2N. The fourth-order valence-corrected chi connectivity index (χ4v) is 5.06. The smallest absolute Gasteiger partial charge is 0.129 e. The van der Waals surface area contributed by atoms with Crippen molar-refractivity contribution in [3.63, 3.8) is 0 Å². The summed E-state index contributed by atoms with van der Waals surface area (Å²) in [5.74, 6) is 2.86. The largest absolute Gasteiger partial charge is 0.327 e. The van der Waals surface area contributed by atoms with Gasteiger partial charge >= 0.3 is 0 Å². The number of benzene rings is 1. The molecule has 4 rings (SSSR count). The van der Waals surface area contributed by atoms with E-state index in [0.717, 1.165) is 23.7 Å². The van der Waals surface area contributed by atoms with Crippen molar-refractivity contribution in [1.82, 2.24) is 0 Å². The minimum absolute atomic E-state index is 0.0789. The maximum absolute atomic E-state index is 13.7. The normalized spacial score (nSPS) is 40.3. The highest BCUT2D eigenvalue weighted by molar-refractivity contribution is 5.23. The van der Waals surface area contributed by atoms with Crippen LogP contribution in [-0.4, -0.2) is 6.04 Å². The zero-order valence-corrected chi connectivity index (χ0v) is 10.9. The van der Waals surface area contributed by atoms with Crippen molar-refractivity contribution in [2.24, 2.45) is 35.3 Å². The van der Waals surface area contributed by atoms with Crippen molar-refractivity contribution in [1.29, 1.82) is 0 Å². The predicted octanol–water partition coefficient (Wildman–Crippen LogP) is 3.13. The molecule has 3 aliphatic rings. The van der Waals surface area contributed by atoms with Crippen molar-refractivity contribution >= 4 is 0 Å². The third-order valence-corrected chi connectivity index (χ3v) is 5.79. The maximum Gasteiger partial charge on any atom is 0.129 e. The summed E-state index contributed by atoms with van der Waals surface area (Å²) in [6.45, 7) is 0. The molecule has 3 fully saturated rings. The standard InChI is InChI=1S/C16H19F2N/c17-11-2-1-3-12(18)10(11)7-13(19)16-14-8-4-5-9(6-8)15(14)16/h1-3,8-9,13-16H,4-7,19H2. The number of hydrogen-bond acceptors (Lipinski definition) is 1. The first-order valence-corrected chi connectivity index (χ1v) is 7.35. The Morgan fingerprint density at radius 1 is 1.11 bits per heavy atom. The Bertz CT molecular complexity index is 479. The van der Waals surface area contributed by atoms with Crippen LogP contribution in [0.2, 0.25) is 0 Å². The van der Waals surface area contributed by atoms with E-state index in [0.29, 0.717) is 12.3 Å². The quantitative estimate of drug-likeness (QED) is 0.891. The molecule has 0 spiro atoms. The Morgan fingerprint density at radius 3 is 2.26 bits per heavy atom. The lowest BCUT2D eigenvalue weighted by Gasteiger charge is -2.17. The highest BCUT2D eigenvalue weighted by atomic mass is 19.1. The van der Waals surface area contributed by atoms with Crippen LogP contribution in [0.4, 0.5) is 8.78 Å². The van der Waals surface area contributed by atoms with Crippen LogP contribution in [0.25, 0.3) is 0 Å². The minimum Gasteiger partial charge on any atom is -0.327 e. The van der Waals surface area contributed by atoms with Crippen LogP contribution < -0.4 is 5.73 Å². The van der Waals surface area contributed by atoms with E-state index >= 15 is 0 Å². The lowest BCUT2D eigenvalue weighted by atomic mass is 9.93. The zero-order chi connectivity index (χ0) is 13.1. The van der Waals surface area contributed by atoms with Gasteiger partial charge in [-0.05, 0) is 67.4 Å². The van der Waals surface area contributed by atoms with Gasteiger partial charge in [-0.1, -0.05) is 6.07 Å². The summed E-state index contributed by atoms with van der Waals surface area (Å²) < 4.78 is 27.3. The molecule has 0 amide bonds. The molecule has 0 radical (unpaired) electrons. The predicted molar refractivity (Wildman–Crippen MR) is 69.3 cm³/mol. The fourth-order valence-electron chi connectivity index (χ4n) is 5.06. The molecule has 5 unspecified atom stereocenters. The van der Waals surface area contributed by atoms with Crippen molar-refractivity contribution in [2.75, 3.05) is 0 Å². The monoisotopic (exact) mass is 263 g/mol. The summed E-state index contributed by atoms with van der Waals surface area (Å²) in [4.78, 5) is 0. The summed E-state index contributed by atoms with van der Waals surface area (Å²) in [7, 11) is 0. The zero-order valence-electron chi connectivity index (χ0n) is 10.9. The Morgan fingerprint density at radius 2 is 1.68 bits per heavy atom. The van der Waals surface area contributed by atoms with Crippen LogP contribution in [0, 0.1) is 41.2 Å². The Labute approximate surface area is 112 Å². The molecule has 0 aromatic heterocycles. The van der Waals surface area contributed by atoms with E-state index in [1.54, 1.807) is 0 Å². The van der Waals surface area contributed by atoms with Crippen molar-refractivity contribution in [3.8, 4) is 0 Å². The van der Waals surface area contributed by atoms with Gasteiger partial charge in [0.25, 0.3) is 0 Å². The molecule has 0 aliphatic heterocycles. The van der Waals surface area contributed by atoms with E-state index in [9.17, 15) is 8.78 Å². The summed E-state index contributed by atoms with van der Waals surface area (Å²) in [5.41, 5.74) is 6.43. The van der Waals surface area contributed by atoms with Gasteiger partial charge in [-0.3, -0.25) is 0 Å². The van der Waals surface area contributed by atoms with E-state index in [4.69, 9.17) is 5.73 Å². The van der Waals surface area contributed by atoms with Gasteiger partial charge in [0.05, 0.1) is 0 Å². The summed E-state index contributed by atoms with van der Waals surface area (Å²) in [5, 5.41) is 0. The average Bonchev–Trinajstić information content (AvgIpc) is 2.83. The van der Waals surface area contributed by atoms with Crippen LogP contribution in [0.1, 0.15) is 24.8 Å². The Hall–Kier alpha value is -0.960. The first-order valence-electron chi connectivity index (χ1n) is 7.35. The van der Waals surface area contributed by atoms with Gasteiger partial charge in [0.2, 0.25) is 0 Å². The molecule has 3 heteroatoms. The van der Waals surface area contributed by atoms with Gasteiger partial charge in [-0.15, -0.1) is 0 Å². The van der Waals surface area contributed by atoms with Gasteiger partial charge < -0.3 is 5.73 Å². The molecule has 0 heterocycles. The van der Waals surface area contributed by atoms with Crippen molar-refractivity contribution in [3.05, 3.63) is 35.4 Å². The number of halogens is 2. The molecule has 1 aromatic rings. The summed E-state index contributed by atoms with van der Waals surface area (Å²) in [6, 6.07) is 3.97. The number of hydrogen-bond donors (Lipinski definition) is 1. The highest BCUT2D eigenvalue weighted by Crippen LogP contribution is 2.70. The van der Waals surface area contributed by atoms with Gasteiger partial charge in [-0.2, -0.15) is 0 Å². The van der Waals surface area contributed by atoms with Gasteiger partial charge in [0.1, 0.15) is 11.6 Å². The van der Waals surface area contributed by atoms with E-state index < -0.39 is 11.6 Å². The molecular weight excluding hydrogens is 244 g/mol. The van der Waals surface area contributed by atoms with Crippen LogP contribution >= 0.6 is 0 Å². The van der Waals surface area contributed by atoms with Crippen LogP contribution in [0.3, 0.4) is 0 Å².